The van der Waals surface area contributed by atoms with Gasteiger partial charge in [-0.2, -0.15) is 0 Å². The van der Waals surface area contributed by atoms with Crippen LogP contribution >= 0.6 is 0 Å². The molecule has 0 saturated carbocycles. The summed E-state index contributed by atoms with van der Waals surface area (Å²) in [6, 6.07) is 15.1. The summed E-state index contributed by atoms with van der Waals surface area (Å²) in [6.45, 7) is 3.45. The second-order valence-corrected chi connectivity index (χ2v) is 6.24. The number of para-hydroxylation sites is 1. The van der Waals surface area contributed by atoms with E-state index in [-0.39, 0.29) is 17.1 Å². The molecule has 2 aromatic carbocycles. The van der Waals surface area contributed by atoms with Crippen LogP contribution in [0.1, 0.15) is 19.4 Å². The number of benzene rings is 2. The molecular weight excluding hydrogens is 342 g/mol. The maximum atomic E-state index is 12.5. The number of aromatic nitrogens is 2. The molecular formula is C21H17N3O3. The van der Waals surface area contributed by atoms with Crippen molar-refractivity contribution < 1.29 is 9.21 Å². The molecule has 1 amide bonds. The van der Waals surface area contributed by atoms with Crippen LogP contribution in [0.3, 0.4) is 0 Å². The first-order chi connectivity index (χ1) is 13.1. The molecule has 0 fully saturated rings. The molecule has 0 spiro atoms. The number of nitrogens with zero attached hydrogens (tertiary/aromatic N) is 2. The highest BCUT2D eigenvalue weighted by Crippen LogP contribution is 2.28. The van der Waals surface area contributed by atoms with Crippen LogP contribution in [-0.4, -0.2) is 15.9 Å². The van der Waals surface area contributed by atoms with Crippen molar-refractivity contribution in [2.75, 3.05) is 5.32 Å². The van der Waals surface area contributed by atoms with Crippen LogP contribution in [0, 0.1) is 0 Å². The number of hydrogen-bond acceptors (Lipinski definition) is 5. The molecule has 134 valence electrons. The largest absolute Gasteiger partial charge is 0.422 e. The highest BCUT2D eigenvalue weighted by molar-refractivity contribution is 6.08. The number of carbonyl (C=O) groups is 1. The average molecular weight is 359 g/mol. The second kappa shape index (κ2) is 6.64. The van der Waals surface area contributed by atoms with Crippen LogP contribution in [0.2, 0.25) is 0 Å². The molecule has 2 aromatic heterocycles. The van der Waals surface area contributed by atoms with Gasteiger partial charge in [-0.05, 0) is 24.1 Å². The third-order valence-corrected chi connectivity index (χ3v) is 4.37. The zero-order valence-corrected chi connectivity index (χ0v) is 14.9. The number of carbonyl (C=O) groups excluding carboxylic acids is 1. The first kappa shape index (κ1) is 16.9. The fraction of sp³-hybridized carbons (Fsp3) is 0.143. The first-order valence-electron chi connectivity index (χ1n) is 8.67. The van der Waals surface area contributed by atoms with Crippen LogP contribution in [0.15, 0.2) is 57.7 Å². The predicted octanol–water partition coefficient (Wildman–Crippen LogP) is 3.92. The molecule has 6 nitrogen and oxygen atoms in total. The molecule has 0 unspecified atom stereocenters. The van der Waals surface area contributed by atoms with Gasteiger partial charge in [0, 0.05) is 17.9 Å². The number of hydrogen-bond donors (Lipinski definition) is 1. The van der Waals surface area contributed by atoms with Crippen LogP contribution in [0.4, 0.5) is 5.82 Å². The van der Waals surface area contributed by atoms with Crippen molar-refractivity contribution in [3.8, 4) is 11.4 Å². The minimum absolute atomic E-state index is 0.154. The number of aryl methyl sites for hydroxylation is 1. The summed E-state index contributed by atoms with van der Waals surface area (Å²) < 4.78 is 5.39. The smallest absolute Gasteiger partial charge is 0.349 e. The fourth-order valence-electron chi connectivity index (χ4n) is 3.03. The van der Waals surface area contributed by atoms with E-state index in [1.165, 1.54) is 12.5 Å². The molecule has 1 N–H and O–H groups in total. The van der Waals surface area contributed by atoms with Crippen molar-refractivity contribution in [2.45, 2.75) is 20.3 Å². The van der Waals surface area contributed by atoms with E-state index < -0.39 is 5.63 Å². The normalized spacial score (nSPS) is 11.0. The third kappa shape index (κ3) is 3.06. The molecule has 0 bridgehead atoms. The molecule has 0 radical (unpaired) electrons. The molecule has 2 heterocycles. The Kier molecular flexibility index (Phi) is 4.16. The molecule has 4 aromatic rings. The van der Waals surface area contributed by atoms with Crippen LogP contribution in [0.5, 0.6) is 0 Å². The molecule has 0 aliphatic heterocycles. The van der Waals surface area contributed by atoms with Gasteiger partial charge in [0.1, 0.15) is 11.0 Å². The summed E-state index contributed by atoms with van der Waals surface area (Å²) in [7, 11) is 0. The van der Waals surface area contributed by atoms with Gasteiger partial charge in [-0.15, -0.1) is 0 Å². The van der Waals surface area contributed by atoms with Crippen molar-refractivity contribution in [1.82, 2.24) is 9.97 Å². The number of nitrogens with one attached hydrogen (secondary N) is 1. The summed E-state index contributed by atoms with van der Waals surface area (Å²) >= 11 is 0. The minimum atomic E-state index is -0.583. The Labute approximate surface area is 154 Å². The summed E-state index contributed by atoms with van der Waals surface area (Å²) in [5.41, 5.74) is 2.32. The van der Waals surface area contributed by atoms with Gasteiger partial charge in [0.25, 0.3) is 0 Å². The quantitative estimate of drug-likeness (QED) is 0.443. The Hall–Kier alpha value is -3.54. The van der Waals surface area contributed by atoms with Gasteiger partial charge in [-0.3, -0.25) is 4.79 Å². The van der Waals surface area contributed by atoms with Crippen LogP contribution in [-0.2, 0) is 11.2 Å². The Morgan fingerprint density at radius 3 is 2.52 bits per heavy atom. The van der Waals surface area contributed by atoms with E-state index >= 15 is 0 Å². The standard InChI is InChI=1S/C21H17N3O3/c1-3-13-8-10-14(11-9-13)19-23-18-15-6-4-5-7-16(15)27-21(26)17(18)20(24-19)22-12(2)25/h4-11H,3H2,1-2H3,(H,22,23,24,25). The van der Waals surface area contributed by atoms with E-state index in [4.69, 9.17) is 4.42 Å². The van der Waals surface area contributed by atoms with Gasteiger partial charge in [0.05, 0.1) is 5.52 Å². The van der Waals surface area contributed by atoms with Crippen molar-refractivity contribution in [3.63, 3.8) is 0 Å². The van der Waals surface area contributed by atoms with Gasteiger partial charge < -0.3 is 9.73 Å². The van der Waals surface area contributed by atoms with Crippen molar-refractivity contribution >= 4 is 33.6 Å². The SMILES string of the molecule is CCc1ccc(-c2nc(NC(C)=O)c3c(=O)oc4ccccc4c3n2)cc1. The number of anilines is 1. The van der Waals surface area contributed by atoms with Gasteiger partial charge >= 0.3 is 5.63 Å². The highest BCUT2D eigenvalue weighted by atomic mass is 16.4. The lowest BCUT2D eigenvalue weighted by Crippen LogP contribution is -2.13. The van der Waals surface area contributed by atoms with E-state index in [2.05, 4.69) is 22.2 Å². The third-order valence-electron chi connectivity index (χ3n) is 4.37. The highest BCUT2D eigenvalue weighted by Gasteiger charge is 2.17. The monoisotopic (exact) mass is 359 g/mol. The minimum Gasteiger partial charge on any atom is -0.422 e. The Morgan fingerprint density at radius 1 is 1.07 bits per heavy atom. The average Bonchev–Trinajstić information content (AvgIpc) is 2.67. The molecule has 4 rings (SSSR count). The molecule has 6 heteroatoms. The zero-order valence-electron chi connectivity index (χ0n) is 14.9. The number of amides is 1. The topological polar surface area (TPSA) is 85.1 Å². The van der Waals surface area contributed by atoms with Crippen molar-refractivity contribution in [2.24, 2.45) is 0 Å². The summed E-state index contributed by atoms with van der Waals surface area (Å²) in [5.74, 6) is 0.265. The van der Waals surface area contributed by atoms with E-state index in [0.717, 1.165) is 12.0 Å². The lowest BCUT2D eigenvalue weighted by molar-refractivity contribution is -0.114. The maximum absolute atomic E-state index is 12.5. The van der Waals surface area contributed by atoms with Gasteiger partial charge in [0.2, 0.25) is 5.91 Å². The van der Waals surface area contributed by atoms with Crippen molar-refractivity contribution in [3.05, 3.63) is 64.5 Å². The lowest BCUT2D eigenvalue weighted by Gasteiger charge is -2.10. The number of fused-ring (bicyclic) bond motifs is 3. The molecule has 0 aliphatic carbocycles. The predicted molar refractivity (Wildman–Crippen MR) is 105 cm³/mol. The van der Waals surface area contributed by atoms with E-state index in [1.54, 1.807) is 12.1 Å². The molecule has 27 heavy (non-hydrogen) atoms. The van der Waals surface area contributed by atoms with Crippen molar-refractivity contribution in [1.29, 1.82) is 0 Å². The van der Waals surface area contributed by atoms with E-state index in [9.17, 15) is 9.59 Å². The first-order valence-corrected chi connectivity index (χ1v) is 8.67. The van der Waals surface area contributed by atoms with Crippen LogP contribution in [0.25, 0.3) is 33.3 Å². The van der Waals surface area contributed by atoms with Gasteiger partial charge in [0.15, 0.2) is 11.6 Å². The lowest BCUT2D eigenvalue weighted by atomic mass is 10.1. The van der Waals surface area contributed by atoms with E-state index in [1.807, 2.05) is 36.4 Å². The Bertz CT molecular complexity index is 1230. The zero-order chi connectivity index (χ0) is 19.0. The van der Waals surface area contributed by atoms with Gasteiger partial charge in [-0.25, -0.2) is 14.8 Å². The van der Waals surface area contributed by atoms with Gasteiger partial charge in [-0.1, -0.05) is 43.3 Å². The van der Waals surface area contributed by atoms with E-state index in [0.29, 0.717) is 22.3 Å². The summed E-state index contributed by atoms with van der Waals surface area (Å²) in [5, 5.41) is 3.49. The van der Waals surface area contributed by atoms with Crippen LogP contribution < -0.4 is 10.9 Å². The fourth-order valence-corrected chi connectivity index (χ4v) is 3.03. The Balaban J connectivity index is 2.06. The summed E-state index contributed by atoms with van der Waals surface area (Å²) in [4.78, 5) is 33.3. The molecule has 0 aliphatic rings. The Morgan fingerprint density at radius 2 is 1.81 bits per heavy atom. The molecule has 0 atom stereocenters. The number of rotatable bonds is 3. The molecule has 0 saturated heterocycles. The maximum Gasteiger partial charge on any atom is 0.349 e. The summed E-state index contributed by atoms with van der Waals surface area (Å²) in [6.07, 6.45) is 0.932. The second-order valence-electron chi connectivity index (χ2n) is 6.24.